The summed E-state index contributed by atoms with van der Waals surface area (Å²) in [7, 11) is 0. The zero-order valence-electron chi connectivity index (χ0n) is 13.5. The first-order valence-corrected chi connectivity index (χ1v) is 8.97. The van der Waals surface area contributed by atoms with Gasteiger partial charge in [-0.2, -0.15) is 4.68 Å². The second-order valence-electron chi connectivity index (χ2n) is 6.23. The smallest absolute Gasteiger partial charge is 0.170 e. The van der Waals surface area contributed by atoms with Gasteiger partial charge in [-0.3, -0.25) is 4.90 Å². The molecular formula is C18H17Cl2N5. The normalized spacial score (nSPS) is 14.2. The highest BCUT2D eigenvalue weighted by atomic mass is 35.5. The Morgan fingerprint density at radius 1 is 1.00 bits per heavy atom. The summed E-state index contributed by atoms with van der Waals surface area (Å²) in [5.41, 5.74) is 2.10. The number of hydrogen-bond donors (Lipinski definition) is 0. The monoisotopic (exact) mass is 373 g/mol. The summed E-state index contributed by atoms with van der Waals surface area (Å²) in [4.78, 5) is 2.39. The van der Waals surface area contributed by atoms with Crippen molar-refractivity contribution in [1.29, 1.82) is 0 Å². The molecule has 0 saturated heterocycles. The summed E-state index contributed by atoms with van der Waals surface area (Å²) in [6, 6.07) is 16.3. The van der Waals surface area contributed by atoms with Crippen LogP contribution in [0.25, 0.3) is 5.69 Å². The molecule has 0 unspecified atom stereocenters. The van der Waals surface area contributed by atoms with E-state index in [4.69, 9.17) is 23.2 Å². The zero-order chi connectivity index (χ0) is 17.2. The fourth-order valence-electron chi connectivity index (χ4n) is 2.88. The minimum atomic E-state index is 0.565. The van der Waals surface area contributed by atoms with Crippen molar-refractivity contribution < 1.29 is 0 Å². The predicted molar refractivity (Wildman–Crippen MR) is 97.9 cm³/mol. The third-order valence-electron chi connectivity index (χ3n) is 4.31. The highest BCUT2D eigenvalue weighted by Gasteiger charge is 2.30. The van der Waals surface area contributed by atoms with Gasteiger partial charge in [-0.25, -0.2) is 0 Å². The molecule has 0 bridgehead atoms. The predicted octanol–water partition coefficient (Wildman–Crippen LogP) is 4.13. The van der Waals surface area contributed by atoms with Crippen LogP contribution in [0.5, 0.6) is 0 Å². The summed E-state index contributed by atoms with van der Waals surface area (Å²) in [6.07, 6.45) is 2.41. The van der Waals surface area contributed by atoms with Crippen molar-refractivity contribution in [2.24, 2.45) is 0 Å². The van der Waals surface area contributed by atoms with Crippen LogP contribution in [0.4, 0.5) is 0 Å². The first kappa shape index (κ1) is 16.5. The average molecular weight is 374 g/mol. The Bertz CT molecular complexity index is 861. The van der Waals surface area contributed by atoms with Gasteiger partial charge in [-0.15, -0.1) is 5.10 Å². The zero-order valence-corrected chi connectivity index (χ0v) is 15.0. The minimum Gasteiger partial charge on any atom is -0.289 e. The second kappa shape index (κ2) is 7.12. The van der Waals surface area contributed by atoms with Crippen molar-refractivity contribution >= 4 is 23.2 Å². The number of tetrazole rings is 1. The largest absolute Gasteiger partial charge is 0.289 e. The van der Waals surface area contributed by atoms with Gasteiger partial charge in [0.05, 0.1) is 22.3 Å². The number of benzene rings is 2. The van der Waals surface area contributed by atoms with Gasteiger partial charge in [-0.1, -0.05) is 47.5 Å². The maximum atomic E-state index is 6.15. The Morgan fingerprint density at radius 3 is 2.52 bits per heavy atom. The van der Waals surface area contributed by atoms with Crippen LogP contribution in [-0.4, -0.2) is 31.1 Å². The Labute approximate surface area is 156 Å². The Morgan fingerprint density at radius 2 is 1.80 bits per heavy atom. The third-order valence-corrected chi connectivity index (χ3v) is 5.05. The van der Waals surface area contributed by atoms with E-state index in [1.54, 1.807) is 4.68 Å². The lowest BCUT2D eigenvalue weighted by molar-refractivity contribution is 0.237. The van der Waals surface area contributed by atoms with Crippen molar-refractivity contribution in [3.05, 3.63) is 70.0 Å². The van der Waals surface area contributed by atoms with Gasteiger partial charge in [-0.05, 0) is 53.1 Å². The van der Waals surface area contributed by atoms with Crippen molar-refractivity contribution in [3.8, 4) is 5.69 Å². The van der Waals surface area contributed by atoms with E-state index < -0.39 is 0 Å². The lowest BCUT2D eigenvalue weighted by Gasteiger charge is -2.21. The molecule has 0 radical (unpaired) electrons. The first-order valence-electron chi connectivity index (χ1n) is 8.21. The molecule has 0 atom stereocenters. The second-order valence-corrected chi connectivity index (χ2v) is 7.04. The van der Waals surface area contributed by atoms with Crippen LogP contribution in [0.1, 0.15) is 24.2 Å². The van der Waals surface area contributed by atoms with Crippen LogP contribution < -0.4 is 0 Å². The van der Waals surface area contributed by atoms with Crippen LogP contribution in [0.15, 0.2) is 48.5 Å². The van der Waals surface area contributed by atoms with E-state index in [2.05, 4.69) is 20.4 Å². The molecule has 1 saturated carbocycles. The average Bonchev–Trinajstić information content (AvgIpc) is 3.37. The molecule has 2 aromatic carbocycles. The maximum absolute atomic E-state index is 6.15. The molecule has 3 aromatic rings. The van der Waals surface area contributed by atoms with Gasteiger partial charge in [0.2, 0.25) is 0 Å². The van der Waals surface area contributed by atoms with Crippen LogP contribution in [0, 0.1) is 0 Å². The number of rotatable bonds is 6. The quantitative estimate of drug-likeness (QED) is 0.651. The molecule has 7 heteroatoms. The highest BCUT2D eigenvalue weighted by Crippen LogP contribution is 2.31. The maximum Gasteiger partial charge on any atom is 0.170 e. The Kier molecular flexibility index (Phi) is 4.70. The molecular weight excluding hydrogens is 357 g/mol. The lowest BCUT2D eigenvalue weighted by Crippen LogP contribution is -2.26. The molecule has 1 aliphatic rings. The summed E-state index contributed by atoms with van der Waals surface area (Å²) in [6.45, 7) is 1.48. The highest BCUT2D eigenvalue weighted by molar-refractivity contribution is 6.42. The van der Waals surface area contributed by atoms with Crippen LogP contribution in [0.3, 0.4) is 0 Å². The Balaban J connectivity index is 1.55. The number of aromatic nitrogens is 4. The fraction of sp³-hybridized carbons (Fsp3) is 0.278. The van der Waals surface area contributed by atoms with Gasteiger partial charge < -0.3 is 0 Å². The molecule has 5 nitrogen and oxygen atoms in total. The van der Waals surface area contributed by atoms with Crippen molar-refractivity contribution in [2.75, 3.05) is 0 Å². The molecule has 128 valence electrons. The van der Waals surface area contributed by atoms with E-state index in [9.17, 15) is 0 Å². The van der Waals surface area contributed by atoms with Gasteiger partial charge in [0.15, 0.2) is 5.82 Å². The molecule has 0 amide bonds. The molecule has 1 aliphatic carbocycles. The number of nitrogens with zero attached hydrogens (tertiary/aromatic N) is 5. The van der Waals surface area contributed by atoms with E-state index in [0.717, 1.165) is 23.6 Å². The number of hydrogen-bond acceptors (Lipinski definition) is 4. The van der Waals surface area contributed by atoms with E-state index in [1.807, 2.05) is 48.5 Å². The summed E-state index contributed by atoms with van der Waals surface area (Å²) in [5.74, 6) is 0.832. The fourth-order valence-corrected chi connectivity index (χ4v) is 3.20. The van der Waals surface area contributed by atoms with E-state index in [-0.39, 0.29) is 0 Å². The third kappa shape index (κ3) is 3.84. The summed E-state index contributed by atoms with van der Waals surface area (Å²) >= 11 is 12.2. The van der Waals surface area contributed by atoms with E-state index in [0.29, 0.717) is 22.6 Å². The lowest BCUT2D eigenvalue weighted by atomic mass is 10.2. The summed E-state index contributed by atoms with van der Waals surface area (Å²) < 4.78 is 1.80. The van der Waals surface area contributed by atoms with Crippen LogP contribution in [0.2, 0.25) is 10.0 Å². The minimum absolute atomic E-state index is 0.565. The van der Waals surface area contributed by atoms with Crippen molar-refractivity contribution in [1.82, 2.24) is 25.1 Å². The molecule has 0 spiro atoms. The SMILES string of the molecule is Clc1ccc(CN(Cc2nnnn2-c2ccccc2)C2CC2)cc1Cl. The van der Waals surface area contributed by atoms with Gasteiger partial charge in [0, 0.05) is 12.6 Å². The van der Waals surface area contributed by atoms with Crippen LogP contribution >= 0.6 is 23.2 Å². The van der Waals surface area contributed by atoms with Gasteiger partial charge >= 0.3 is 0 Å². The molecule has 4 rings (SSSR count). The molecule has 1 heterocycles. The molecule has 1 fully saturated rings. The van der Waals surface area contributed by atoms with Gasteiger partial charge in [0.25, 0.3) is 0 Å². The standard InChI is InChI=1S/C18H17Cl2N5/c19-16-9-6-13(10-17(16)20)11-24(14-7-8-14)12-18-21-22-23-25(18)15-4-2-1-3-5-15/h1-6,9-10,14H,7-8,11-12H2. The molecule has 1 aromatic heterocycles. The van der Waals surface area contributed by atoms with Crippen molar-refractivity contribution in [3.63, 3.8) is 0 Å². The molecule has 25 heavy (non-hydrogen) atoms. The topological polar surface area (TPSA) is 46.8 Å². The molecule has 0 N–H and O–H groups in total. The van der Waals surface area contributed by atoms with Crippen molar-refractivity contribution in [2.45, 2.75) is 32.0 Å². The first-order chi connectivity index (χ1) is 12.2. The molecule has 0 aliphatic heterocycles. The van der Waals surface area contributed by atoms with E-state index >= 15 is 0 Å². The Hall–Kier alpha value is -1.95. The van der Waals surface area contributed by atoms with Gasteiger partial charge in [0.1, 0.15) is 0 Å². The van der Waals surface area contributed by atoms with Crippen LogP contribution in [-0.2, 0) is 13.1 Å². The number of para-hydroxylation sites is 1. The van der Waals surface area contributed by atoms with E-state index in [1.165, 1.54) is 12.8 Å². The summed E-state index contributed by atoms with van der Waals surface area (Å²) in [5, 5.41) is 13.4. The number of halogens is 2.